The largest absolute Gasteiger partial charge is 0.335 e. The molecule has 0 unspecified atom stereocenters. The van der Waals surface area contributed by atoms with Crippen LogP contribution in [0, 0.1) is 0 Å². The van der Waals surface area contributed by atoms with Gasteiger partial charge in [-0.2, -0.15) is 9.61 Å². The van der Waals surface area contributed by atoms with E-state index in [1.165, 1.54) is 10.9 Å². The SMILES string of the molecule is CCCCCCC(=O)O/N=C(\Cn1c2c(c(=O)n3nc(-c4ccccc4)cc13)CN(C1CCCCC1)C2=O)c1ccccc1. The standard InChI is InChI=1S/C35H39N5O4/c1-2-3-4-14-21-32(41)44-37-30(26-17-10-6-11-18-26)24-39-31-22-29(25-15-8-5-9-16-25)36-40(31)34(42)28-23-38(35(43)33(28)39)27-19-12-7-13-20-27/h5-6,8-11,15-18,22,27H,2-4,7,12-14,19-21,23-24H2,1H3/b37-30+. The Hall–Kier alpha value is -4.53. The second kappa shape index (κ2) is 13.4. The van der Waals surface area contributed by atoms with Gasteiger partial charge in [0, 0.05) is 29.7 Å². The highest BCUT2D eigenvalue weighted by molar-refractivity contribution is 6.02. The molecule has 1 amide bonds. The normalized spacial score (nSPS) is 15.6. The molecule has 0 saturated heterocycles. The molecule has 2 aliphatic rings. The smallest absolute Gasteiger partial charge is 0.330 e. The van der Waals surface area contributed by atoms with E-state index in [0.717, 1.165) is 62.5 Å². The lowest BCUT2D eigenvalue weighted by atomic mass is 9.94. The minimum absolute atomic E-state index is 0.111. The number of carbonyl (C=O) groups excluding carboxylic acids is 2. The maximum Gasteiger partial charge on any atom is 0.335 e. The molecule has 1 fully saturated rings. The summed E-state index contributed by atoms with van der Waals surface area (Å²) in [7, 11) is 0. The Kier molecular flexibility index (Phi) is 9.00. The number of aromatic nitrogens is 3. The molecule has 0 spiro atoms. The molecule has 2 aromatic carbocycles. The second-order valence-electron chi connectivity index (χ2n) is 11.8. The number of benzene rings is 2. The van der Waals surface area contributed by atoms with Gasteiger partial charge in [-0.25, -0.2) is 4.79 Å². The number of oxime groups is 1. The predicted molar refractivity (Wildman–Crippen MR) is 169 cm³/mol. The van der Waals surface area contributed by atoms with Crippen molar-refractivity contribution in [2.24, 2.45) is 5.16 Å². The van der Waals surface area contributed by atoms with Gasteiger partial charge < -0.3 is 14.3 Å². The lowest BCUT2D eigenvalue weighted by Crippen LogP contribution is -2.37. The summed E-state index contributed by atoms with van der Waals surface area (Å²) < 4.78 is 3.24. The van der Waals surface area contributed by atoms with Crippen molar-refractivity contribution in [3.63, 3.8) is 0 Å². The zero-order chi connectivity index (χ0) is 30.5. The van der Waals surface area contributed by atoms with Gasteiger partial charge in [-0.1, -0.05) is 111 Å². The fourth-order valence-corrected chi connectivity index (χ4v) is 6.38. The van der Waals surface area contributed by atoms with Crippen molar-refractivity contribution in [1.82, 2.24) is 19.1 Å². The minimum atomic E-state index is -0.389. The molecule has 228 valence electrons. The fourth-order valence-electron chi connectivity index (χ4n) is 6.38. The van der Waals surface area contributed by atoms with E-state index in [0.29, 0.717) is 34.7 Å². The first-order valence-corrected chi connectivity index (χ1v) is 15.9. The second-order valence-corrected chi connectivity index (χ2v) is 11.8. The van der Waals surface area contributed by atoms with Gasteiger partial charge in [0.1, 0.15) is 17.1 Å². The highest BCUT2D eigenvalue weighted by atomic mass is 16.7. The zero-order valence-electron chi connectivity index (χ0n) is 25.3. The summed E-state index contributed by atoms with van der Waals surface area (Å²) in [5.74, 6) is -0.533. The van der Waals surface area contributed by atoms with E-state index >= 15 is 0 Å². The Morgan fingerprint density at radius 3 is 2.41 bits per heavy atom. The van der Waals surface area contributed by atoms with Crippen LogP contribution in [-0.2, 0) is 22.7 Å². The molecule has 44 heavy (non-hydrogen) atoms. The Morgan fingerprint density at radius 2 is 1.68 bits per heavy atom. The highest BCUT2D eigenvalue weighted by Crippen LogP contribution is 2.31. The monoisotopic (exact) mass is 593 g/mol. The number of hydrogen-bond donors (Lipinski definition) is 0. The summed E-state index contributed by atoms with van der Waals surface area (Å²) in [5, 5.41) is 9.07. The van der Waals surface area contributed by atoms with Crippen molar-refractivity contribution in [2.75, 3.05) is 0 Å². The number of rotatable bonds is 11. The summed E-state index contributed by atoms with van der Waals surface area (Å²) in [6.45, 7) is 2.50. The Balaban J connectivity index is 1.43. The molecule has 1 aliphatic heterocycles. The molecule has 2 aromatic heterocycles. The average molecular weight is 594 g/mol. The van der Waals surface area contributed by atoms with E-state index in [2.05, 4.69) is 12.1 Å². The first-order chi connectivity index (χ1) is 21.5. The summed E-state index contributed by atoms with van der Waals surface area (Å²) in [6, 6.07) is 21.1. The lowest BCUT2D eigenvalue weighted by molar-refractivity contribution is -0.143. The molecule has 0 bridgehead atoms. The average Bonchev–Trinajstić information content (AvgIpc) is 3.67. The van der Waals surface area contributed by atoms with Gasteiger partial charge in [-0.3, -0.25) is 9.59 Å². The van der Waals surface area contributed by atoms with Crippen LogP contribution in [0.3, 0.4) is 0 Å². The van der Waals surface area contributed by atoms with Crippen LogP contribution in [0.2, 0.25) is 0 Å². The quantitative estimate of drug-likeness (QED) is 0.0871. The molecule has 1 saturated carbocycles. The van der Waals surface area contributed by atoms with Crippen molar-refractivity contribution in [1.29, 1.82) is 0 Å². The van der Waals surface area contributed by atoms with Crippen LogP contribution >= 0.6 is 0 Å². The van der Waals surface area contributed by atoms with Gasteiger partial charge in [-0.15, -0.1) is 0 Å². The number of hydrogen-bond acceptors (Lipinski definition) is 6. The van der Waals surface area contributed by atoms with Crippen molar-refractivity contribution in [3.05, 3.63) is 93.9 Å². The number of nitrogens with zero attached hydrogens (tertiary/aromatic N) is 5. The van der Waals surface area contributed by atoms with Crippen molar-refractivity contribution >= 4 is 23.2 Å². The van der Waals surface area contributed by atoms with Crippen molar-refractivity contribution < 1.29 is 14.4 Å². The third kappa shape index (κ3) is 6.09. The maximum absolute atomic E-state index is 14.2. The molecule has 1 aliphatic carbocycles. The third-order valence-corrected chi connectivity index (χ3v) is 8.76. The molecule has 3 heterocycles. The fraction of sp³-hybridized carbons (Fsp3) is 0.400. The molecule has 0 N–H and O–H groups in total. The summed E-state index contributed by atoms with van der Waals surface area (Å²) in [6.07, 6.45) is 9.36. The van der Waals surface area contributed by atoms with E-state index in [-0.39, 0.29) is 36.6 Å². The van der Waals surface area contributed by atoms with Crippen LogP contribution in [0.4, 0.5) is 0 Å². The zero-order valence-corrected chi connectivity index (χ0v) is 25.3. The van der Waals surface area contributed by atoms with E-state index in [1.807, 2.05) is 76.2 Å². The molecule has 9 heteroatoms. The highest BCUT2D eigenvalue weighted by Gasteiger charge is 2.38. The Morgan fingerprint density at radius 1 is 0.955 bits per heavy atom. The molecule has 4 aromatic rings. The van der Waals surface area contributed by atoms with Crippen LogP contribution in [0.25, 0.3) is 16.9 Å². The van der Waals surface area contributed by atoms with E-state index in [9.17, 15) is 14.4 Å². The van der Waals surface area contributed by atoms with Gasteiger partial charge in [-0.05, 0) is 19.3 Å². The summed E-state index contributed by atoms with van der Waals surface area (Å²) >= 11 is 0. The first-order valence-electron chi connectivity index (χ1n) is 15.9. The predicted octanol–water partition coefficient (Wildman–Crippen LogP) is 6.37. The maximum atomic E-state index is 14.2. The van der Waals surface area contributed by atoms with Gasteiger partial charge in [0.2, 0.25) is 0 Å². The van der Waals surface area contributed by atoms with Gasteiger partial charge >= 0.3 is 5.97 Å². The van der Waals surface area contributed by atoms with Gasteiger partial charge in [0.25, 0.3) is 11.5 Å². The van der Waals surface area contributed by atoms with E-state index in [1.54, 1.807) is 0 Å². The number of carbonyl (C=O) groups is 2. The number of fused-ring (bicyclic) bond motifs is 2. The molecular weight excluding hydrogens is 554 g/mol. The Bertz CT molecular complexity index is 1720. The van der Waals surface area contributed by atoms with Crippen LogP contribution in [0.1, 0.15) is 92.7 Å². The van der Waals surface area contributed by atoms with Crippen molar-refractivity contribution in [3.8, 4) is 11.3 Å². The van der Waals surface area contributed by atoms with Crippen molar-refractivity contribution in [2.45, 2.75) is 90.3 Å². The third-order valence-electron chi connectivity index (χ3n) is 8.76. The molecule has 0 atom stereocenters. The van der Waals surface area contributed by atoms with Crippen LogP contribution in [-0.4, -0.2) is 42.7 Å². The molecule has 9 nitrogen and oxygen atoms in total. The van der Waals surface area contributed by atoms with Gasteiger partial charge in [0.15, 0.2) is 0 Å². The molecule has 0 radical (unpaired) electrons. The van der Waals surface area contributed by atoms with E-state index < -0.39 is 0 Å². The molecular formula is C35H39N5O4. The number of amides is 1. The summed E-state index contributed by atoms with van der Waals surface area (Å²) in [4.78, 5) is 48.0. The summed E-state index contributed by atoms with van der Waals surface area (Å²) in [5.41, 5.74) is 3.75. The van der Waals surface area contributed by atoms with Gasteiger partial charge in [0.05, 0.1) is 24.3 Å². The Labute approximate surface area is 257 Å². The minimum Gasteiger partial charge on any atom is -0.330 e. The number of unbranched alkanes of at least 4 members (excludes halogenated alkanes) is 3. The molecule has 6 rings (SSSR count). The van der Waals surface area contributed by atoms with Crippen LogP contribution in [0.5, 0.6) is 0 Å². The van der Waals surface area contributed by atoms with Crippen LogP contribution in [0.15, 0.2) is 76.7 Å². The van der Waals surface area contributed by atoms with E-state index in [4.69, 9.17) is 9.94 Å². The lowest BCUT2D eigenvalue weighted by Gasteiger charge is -2.30. The van der Waals surface area contributed by atoms with Crippen LogP contribution < -0.4 is 5.56 Å². The first kappa shape index (κ1) is 29.5. The topological polar surface area (TPSA) is 98.3 Å².